The topological polar surface area (TPSA) is 17.1 Å². The molecule has 0 saturated carbocycles. The Labute approximate surface area is 104 Å². The van der Waals surface area contributed by atoms with Gasteiger partial charge in [0.25, 0.3) is 0 Å². The summed E-state index contributed by atoms with van der Waals surface area (Å²) in [7, 11) is 0. The molecule has 0 aliphatic heterocycles. The highest BCUT2D eigenvalue weighted by Gasteiger charge is 1.95. The summed E-state index contributed by atoms with van der Waals surface area (Å²) < 4.78 is 0. The molecule has 0 radical (unpaired) electrons. The lowest BCUT2D eigenvalue weighted by atomic mass is 10.0. The fraction of sp³-hybridized carbons (Fsp3) is 0.312. The van der Waals surface area contributed by atoms with Gasteiger partial charge in [-0.2, -0.15) is 0 Å². The van der Waals surface area contributed by atoms with Crippen molar-refractivity contribution in [2.24, 2.45) is 0 Å². The summed E-state index contributed by atoms with van der Waals surface area (Å²) >= 11 is 0. The summed E-state index contributed by atoms with van der Waals surface area (Å²) in [6.45, 7) is 2.18. The minimum absolute atomic E-state index is 0.822. The molecule has 0 unspecified atom stereocenters. The third-order valence-corrected chi connectivity index (χ3v) is 2.59. The zero-order valence-corrected chi connectivity index (χ0v) is 10.4. The van der Waals surface area contributed by atoms with Crippen molar-refractivity contribution in [3.8, 4) is 0 Å². The van der Waals surface area contributed by atoms with Crippen molar-refractivity contribution >= 4 is 6.29 Å². The van der Waals surface area contributed by atoms with Gasteiger partial charge in [0, 0.05) is 0 Å². The molecule has 0 aromatic heterocycles. The predicted molar refractivity (Wildman–Crippen MR) is 73.0 cm³/mol. The second-order valence-corrected chi connectivity index (χ2v) is 4.08. The van der Waals surface area contributed by atoms with Crippen LogP contribution < -0.4 is 0 Å². The number of carbonyl (C=O) groups excluding carboxylic acids is 1. The first-order valence-corrected chi connectivity index (χ1v) is 6.21. The van der Waals surface area contributed by atoms with E-state index in [4.69, 9.17) is 0 Å². The largest absolute Gasteiger partial charge is 0.299 e. The van der Waals surface area contributed by atoms with Crippen LogP contribution in [0.3, 0.4) is 0 Å². The minimum atomic E-state index is 0.822. The maximum absolute atomic E-state index is 10.6. The Balaban J connectivity index is 2.58. The summed E-state index contributed by atoms with van der Waals surface area (Å²) in [5.74, 6) is 0. The Morgan fingerprint density at radius 3 is 2.65 bits per heavy atom. The standard InChI is InChI=1S/C16H20O/c1-2-3-4-6-11-16(12-13-17)14-15-9-7-5-8-10-15/h5-13H,2-4,14H2,1H3/b11-6+,16-12+. The molecule has 1 nitrogen and oxygen atoms in total. The number of benzene rings is 1. The van der Waals surface area contributed by atoms with Gasteiger partial charge in [-0.15, -0.1) is 0 Å². The highest BCUT2D eigenvalue weighted by Crippen LogP contribution is 2.09. The molecule has 0 heterocycles. The monoisotopic (exact) mass is 228 g/mol. The average Bonchev–Trinajstić information content (AvgIpc) is 2.36. The van der Waals surface area contributed by atoms with Gasteiger partial charge < -0.3 is 0 Å². The third-order valence-electron chi connectivity index (χ3n) is 2.59. The molecule has 17 heavy (non-hydrogen) atoms. The van der Waals surface area contributed by atoms with Crippen LogP contribution in [0.4, 0.5) is 0 Å². The normalized spacial score (nSPS) is 11.9. The van der Waals surface area contributed by atoms with Gasteiger partial charge in [-0.1, -0.05) is 62.2 Å². The van der Waals surface area contributed by atoms with E-state index in [9.17, 15) is 4.79 Å². The number of aldehydes is 1. The molecule has 0 spiro atoms. The maximum atomic E-state index is 10.6. The fourth-order valence-electron chi connectivity index (χ4n) is 1.65. The molecule has 1 aromatic rings. The molecule has 0 saturated heterocycles. The molecule has 0 N–H and O–H groups in total. The van der Waals surface area contributed by atoms with E-state index in [0.717, 1.165) is 24.7 Å². The lowest BCUT2D eigenvalue weighted by Crippen LogP contribution is -1.88. The van der Waals surface area contributed by atoms with Gasteiger partial charge in [-0.3, -0.25) is 4.79 Å². The molecule has 0 aliphatic rings. The third kappa shape index (κ3) is 5.86. The Morgan fingerprint density at radius 2 is 2.00 bits per heavy atom. The maximum Gasteiger partial charge on any atom is 0.143 e. The van der Waals surface area contributed by atoms with Gasteiger partial charge in [-0.25, -0.2) is 0 Å². The van der Waals surface area contributed by atoms with Crippen LogP contribution in [0.2, 0.25) is 0 Å². The molecule has 0 bridgehead atoms. The van der Waals surface area contributed by atoms with Crippen LogP contribution in [0.1, 0.15) is 31.7 Å². The summed E-state index contributed by atoms with van der Waals surface area (Å²) in [5.41, 5.74) is 2.31. The average molecular weight is 228 g/mol. The molecular weight excluding hydrogens is 208 g/mol. The van der Waals surface area contributed by atoms with Gasteiger partial charge >= 0.3 is 0 Å². The first-order valence-electron chi connectivity index (χ1n) is 6.21. The molecule has 1 rings (SSSR count). The zero-order chi connectivity index (χ0) is 12.3. The quantitative estimate of drug-likeness (QED) is 0.297. The Morgan fingerprint density at radius 1 is 1.24 bits per heavy atom. The SMILES string of the molecule is CCCC/C=C/C(=C\C=O)Cc1ccccc1. The van der Waals surface area contributed by atoms with E-state index >= 15 is 0 Å². The first kappa shape index (κ1) is 13.4. The van der Waals surface area contributed by atoms with Gasteiger partial charge in [0.2, 0.25) is 0 Å². The first-order chi connectivity index (χ1) is 8.36. The second kappa shape index (κ2) is 8.51. The van der Waals surface area contributed by atoms with Gasteiger partial charge in [-0.05, 0) is 30.1 Å². The minimum Gasteiger partial charge on any atom is -0.299 e. The van der Waals surface area contributed by atoms with Crippen LogP contribution in [0.25, 0.3) is 0 Å². The van der Waals surface area contributed by atoms with Crippen molar-refractivity contribution < 1.29 is 4.79 Å². The van der Waals surface area contributed by atoms with Crippen LogP contribution in [0.15, 0.2) is 54.1 Å². The van der Waals surface area contributed by atoms with Gasteiger partial charge in [0.05, 0.1) is 0 Å². The Hall–Kier alpha value is -1.63. The molecule has 0 aliphatic carbocycles. The van der Waals surface area contributed by atoms with Crippen molar-refractivity contribution in [2.75, 3.05) is 0 Å². The zero-order valence-electron chi connectivity index (χ0n) is 10.4. The van der Waals surface area contributed by atoms with E-state index < -0.39 is 0 Å². The predicted octanol–water partition coefficient (Wildman–Crippen LogP) is 4.10. The molecule has 1 heteroatoms. The van der Waals surface area contributed by atoms with Crippen LogP contribution in [-0.2, 0) is 11.2 Å². The second-order valence-electron chi connectivity index (χ2n) is 4.08. The number of hydrogen-bond acceptors (Lipinski definition) is 1. The number of allylic oxidation sites excluding steroid dienone is 4. The van der Waals surface area contributed by atoms with E-state index in [-0.39, 0.29) is 0 Å². The van der Waals surface area contributed by atoms with Crippen LogP contribution in [0, 0.1) is 0 Å². The Bertz CT molecular complexity index is 374. The summed E-state index contributed by atoms with van der Waals surface area (Å²) in [5, 5.41) is 0. The molecule has 90 valence electrons. The summed E-state index contributed by atoms with van der Waals surface area (Å²) in [4.78, 5) is 10.6. The molecule has 0 amide bonds. The van der Waals surface area contributed by atoms with Gasteiger partial charge in [0.15, 0.2) is 0 Å². The lowest BCUT2D eigenvalue weighted by Gasteiger charge is -2.01. The van der Waals surface area contributed by atoms with Crippen LogP contribution in [-0.4, -0.2) is 6.29 Å². The molecule has 0 atom stereocenters. The van der Waals surface area contributed by atoms with Crippen LogP contribution in [0.5, 0.6) is 0 Å². The molecular formula is C16H20O. The van der Waals surface area contributed by atoms with E-state index in [1.807, 2.05) is 18.2 Å². The number of unbranched alkanes of at least 4 members (excludes halogenated alkanes) is 2. The number of rotatable bonds is 7. The number of carbonyl (C=O) groups is 1. The van der Waals surface area contributed by atoms with E-state index in [1.54, 1.807) is 6.08 Å². The summed E-state index contributed by atoms with van der Waals surface area (Å²) in [6.07, 6.45) is 11.0. The van der Waals surface area contributed by atoms with E-state index in [0.29, 0.717) is 0 Å². The van der Waals surface area contributed by atoms with E-state index in [2.05, 4.69) is 31.2 Å². The van der Waals surface area contributed by atoms with Crippen molar-refractivity contribution in [1.82, 2.24) is 0 Å². The molecule has 1 aromatic carbocycles. The lowest BCUT2D eigenvalue weighted by molar-refractivity contribution is -0.104. The number of hydrogen-bond donors (Lipinski definition) is 0. The fourth-order valence-corrected chi connectivity index (χ4v) is 1.65. The highest BCUT2D eigenvalue weighted by molar-refractivity contribution is 5.67. The summed E-state index contributed by atoms with van der Waals surface area (Å²) in [6, 6.07) is 10.2. The highest BCUT2D eigenvalue weighted by atomic mass is 16.1. The van der Waals surface area contributed by atoms with Gasteiger partial charge in [0.1, 0.15) is 6.29 Å². The van der Waals surface area contributed by atoms with Crippen molar-refractivity contribution in [1.29, 1.82) is 0 Å². The van der Waals surface area contributed by atoms with Crippen molar-refractivity contribution in [2.45, 2.75) is 32.6 Å². The van der Waals surface area contributed by atoms with Crippen molar-refractivity contribution in [3.05, 3.63) is 59.7 Å². The van der Waals surface area contributed by atoms with Crippen molar-refractivity contribution in [3.63, 3.8) is 0 Å². The smallest absolute Gasteiger partial charge is 0.143 e. The van der Waals surface area contributed by atoms with Crippen LogP contribution >= 0.6 is 0 Å². The Kier molecular flexibility index (Phi) is 6.73. The van der Waals surface area contributed by atoms with E-state index in [1.165, 1.54) is 18.4 Å². The molecule has 0 fully saturated rings.